The molecule has 2 aliphatic heterocycles. The van der Waals surface area contributed by atoms with Crippen LogP contribution < -0.4 is 10.4 Å². The fourth-order valence-electron chi connectivity index (χ4n) is 5.45. The lowest BCUT2D eigenvalue weighted by molar-refractivity contribution is 0.0206. The molecule has 156 valence electrons. The molecule has 0 radical (unpaired) electrons. The maximum atomic E-state index is 11.6. The highest BCUT2D eigenvalue weighted by Gasteiger charge is 2.39. The van der Waals surface area contributed by atoms with Gasteiger partial charge in [0, 0.05) is 43.6 Å². The van der Waals surface area contributed by atoms with Gasteiger partial charge in [0.25, 0.3) is 0 Å². The van der Waals surface area contributed by atoms with Crippen LogP contribution in [-0.2, 0) is 12.8 Å². The summed E-state index contributed by atoms with van der Waals surface area (Å²) in [6.45, 7) is 2.03. The highest BCUT2D eigenvalue weighted by molar-refractivity contribution is 5.81. The van der Waals surface area contributed by atoms with Crippen LogP contribution in [0.2, 0.25) is 0 Å². The highest BCUT2D eigenvalue weighted by atomic mass is 16.5. The zero-order valence-corrected chi connectivity index (χ0v) is 17.3. The summed E-state index contributed by atoms with van der Waals surface area (Å²) in [7, 11) is 0. The van der Waals surface area contributed by atoms with Crippen molar-refractivity contribution in [3.05, 3.63) is 69.1 Å². The van der Waals surface area contributed by atoms with Crippen molar-refractivity contribution in [2.45, 2.75) is 43.7 Å². The molecule has 0 saturated carbocycles. The van der Waals surface area contributed by atoms with Gasteiger partial charge in [-0.15, -0.1) is 0 Å². The molecule has 1 aliphatic carbocycles. The van der Waals surface area contributed by atoms with Gasteiger partial charge >= 0.3 is 5.69 Å². The second-order valence-electron chi connectivity index (χ2n) is 9.04. The molecule has 0 amide bonds. The number of benzene rings is 2. The number of fused-ring (bicyclic) bond motifs is 3. The van der Waals surface area contributed by atoms with Gasteiger partial charge in [-0.25, -0.2) is 4.79 Å². The summed E-state index contributed by atoms with van der Waals surface area (Å²) in [5.41, 5.74) is 5.64. The van der Waals surface area contributed by atoms with Crippen molar-refractivity contribution >= 4 is 17.1 Å². The van der Waals surface area contributed by atoms with Gasteiger partial charge in [-0.05, 0) is 54.7 Å². The number of ether oxygens (including phenoxy) is 1. The Labute approximate surface area is 180 Å². The van der Waals surface area contributed by atoms with Crippen molar-refractivity contribution < 1.29 is 4.74 Å². The number of nitrogens with one attached hydrogen (secondary N) is 2. The number of imidazole rings is 1. The third-order valence-corrected chi connectivity index (χ3v) is 7.22. The first-order valence-electron chi connectivity index (χ1n) is 11.0. The van der Waals surface area contributed by atoms with Gasteiger partial charge in [0.2, 0.25) is 0 Å². The third kappa shape index (κ3) is 3.17. The van der Waals surface area contributed by atoms with E-state index in [4.69, 9.17) is 10.00 Å². The number of rotatable bonds is 1. The molecule has 3 heterocycles. The molecule has 0 bridgehead atoms. The molecule has 1 aromatic heterocycles. The van der Waals surface area contributed by atoms with E-state index < -0.39 is 0 Å². The summed E-state index contributed by atoms with van der Waals surface area (Å²) in [6, 6.07) is 12.9. The Kier molecular flexibility index (Phi) is 4.09. The summed E-state index contributed by atoms with van der Waals surface area (Å²) in [5, 5.41) is 9.14. The number of nitriles is 1. The van der Waals surface area contributed by atoms with Crippen molar-refractivity contribution in [1.82, 2.24) is 14.9 Å². The number of hydrogen-bond acceptors (Lipinski definition) is 4. The third-order valence-electron chi connectivity index (χ3n) is 7.22. The predicted molar refractivity (Wildman–Crippen MR) is 119 cm³/mol. The topological polar surface area (TPSA) is 84.9 Å². The first kappa shape index (κ1) is 18.5. The maximum absolute atomic E-state index is 11.6. The van der Waals surface area contributed by atoms with Crippen molar-refractivity contribution in [2.75, 3.05) is 13.1 Å². The van der Waals surface area contributed by atoms with E-state index in [1.807, 2.05) is 18.2 Å². The second-order valence-corrected chi connectivity index (χ2v) is 9.04. The average molecular weight is 412 g/mol. The fourth-order valence-corrected chi connectivity index (χ4v) is 5.45. The van der Waals surface area contributed by atoms with Crippen molar-refractivity contribution in [3.63, 3.8) is 0 Å². The Morgan fingerprint density at radius 3 is 2.71 bits per heavy atom. The van der Waals surface area contributed by atoms with Crippen LogP contribution in [-0.4, -0.2) is 39.6 Å². The number of aromatic nitrogens is 2. The van der Waals surface area contributed by atoms with Crippen LogP contribution in [0.4, 0.5) is 0 Å². The van der Waals surface area contributed by atoms with Gasteiger partial charge in [0.15, 0.2) is 0 Å². The first-order valence-corrected chi connectivity index (χ1v) is 11.0. The second kappa shape index (κ2) is 6.86. The van der Waals surface area contributed by atoms with Gasteiger partial charge in [-0.2, -0.15) is 5.26 Å². The lowest BCUT2D eigenvalue weighted by Gasteiger charge is -2.45. The Balaban J connectivity index is 1.16. The zero-order valence-electron chi connectivity index (χ0n) is 17.3. The minimum absolute atomic E-state index is 0.192. The highest BCUT2D eigenvalue weighted by Crippen LogP contribution is 2.39. The normalized spacial score (nSPS) is 22.0. The van der Waals surface area contributed by atoms with E-state index in [1.165, 1.54) is 11.1 Å². The van der Waals surface area contributed by atoms with Crippen LogP contribution >= 0.6 is 0 Å². The summed E-state index contributed by atoms with van der Waals surface area (Å²) in [5.74, 6) is 0.846. The quantitative estimate of drug-likeness (QED) is 0.640. The summed E-state index contributed by atoms with van der Waals surface area (Å²) in [4.78, 5) is 19.9. The molecular formula is C25H24N4O2. The number of hydrogen-bond donors (Lipinski definition) is 2. The van der Waals surface area contributed by atoms with Gasteiger partial charge in [0.1, 0.15) is 11.4 Å². The van der Waals surface area contributed by atoms with Crippen LogP contribution in [0, 0.1) is 11.3 Å². The smallest absolute Gasteiger partial charge is 0.323 e. The molecule has 2 N–H and O–H groups in total. The van der Waals surface area contributed by atoms with Crippen LogP contribution in [0.15, 0.2) is 41.2 Å². The van der Waals surface area contributed by atoms with Crippen LogP contribution in [0.25, 0.3) is 17.1 Å². The Morgan fingerprint density at radius 2 is 1.90 bits per heavy atom. The molecule has 1 atom stereocenters. The number of aromatic amines is 2. The molecule has 1 unspecified atom stereocenters. The summed E-state index contributed by atoms with van der Waals surface area (Å²) < 4.78 is 6.52. The molecule has 3 aromatic rings. The monoisotopic (exact) mass is 412 g/mol. The average Bonchev–Trinajstić information content (AvgIpc) is 3.16. The SMILES string of the molecule is N#Cc1ccc2c(c1)CCC(N1CCC3(C=Cc4cc5[nH]c(=O)[nH]c5cc4O3)CC1)C2. The van der Waals surface area contributed by atoms with Crippen molar-refractivity contribution in [1.29, 1.82) is 5.26 Å². The van der Waals surface area contributed by atoms with Crippen LogP contribution in [0.5, 0.6) is 5.75 Å². The molecule has 3 aliphatic rings. The van der Waals surface area contributed by atoms with E-state index >= 15 is 0 Å². The number of nitrogens with zero attached hydrogens (tertiary/aromatic N) is 2. The van der Waals surface area contributed by atoms with E-state index in [1.54, 1.807) is 0 Å². The van der Waals surface area contributed by atoms with E-state index in [0.29, 0.717) is 6.04 Å². The van der Waals surface area contributed by atoms with Crippen LogP contribution in [0.3, 0.4) is 0 Å². The molecule has 1 spiro atoms. The van der Waals surface area contributed by atoms with Crippen molar-refractivity contribution in [3.8, 4) is 11.8 Å². The number of likely N-dealkylation sites (tertiary alicyclic amines) is 1. The molecule has 6 nitrogen and oxygen atoms in total. The standard InChI is InChI=1S/C25H24N4O2/c26-15-16-1-2-18-12-20(4-3-17(18)11-16)29-9-7-25(8-10-29)6-5-19-13-21-22(14-23(19)31-25)28-24(30)27-21/h1-2,5-6,11,13-14,20H,3-4,7-10,12H2,(H2,27,28,30). The molecular weight excluding hydrogens is 388 g/mol. The van der Waals surface area contributed by atoms with Crippen molar-refractivity contribution in [2.24, 2.45) is 0 Å². The minimum Gasteiger partial charge on any atom is -0.482 e. The Morgan fingerprint density at radius 1 is 1.10 bits per heavy atom. The Bertz CT molecular complexity index is 1300. The van der Waals surface area contributed by atoms with Gasteiger partial charge in [-0.1, -0.05) is 12.1 Å². The lowest BCUT2D eigenvalue weighted by Crippen LogP contribution is -2.51. The van der Waals surface area contributed by atoms with Gasteiger partial charge < -0.3 is 14.7 Å². The molecule has 1 fully saturated rings. The first-order chi connectivity index (χ1) is 15.1. The van der Waals surface area contributed by atoms with E-state index in [-0.39, 0.29) is 11.3 Å². The molecule has 31 heavy (non-hydrogen) atoms. The summed E-state index contributed by atoms with van der Waals surface area (Å²) >= 11 is 0. The molecule has 6 rings (SSSR count). The Hall–Kier alpha value is -3.30. The van der Waals surface area contributed by atoms with Gasteiger partial charge in [-0.3, -0.25) is 4.90 Å². The molecule has 6 heteroatoms. The van der Waals surface area contributed by atoms with E-state index in [0.717, 1.165) is 73.1 Å². The molecule has 2 aromatic carbocycles. The van der Waals surface area contributed by atoms with E-state index in [9.17, 15) is 4.79 Å². The fraction of sp³-hybridized carbons (Fsp3) is 0.360. The number of aryl methyl sites for hydroxylation is 1. The molecule has 1 saturated heterocycles. The zero-order chi connectivity index (χ0) is 21.0. The van der Waals surface area contributed by atoms with E-state index in [2.05, 4.69) is 45.2 Å². The summed E-state index contributed by atoms with van der Waals surface area (Å²) in [6.07, 6.45) is 9.53. The number of H-pyrrole nitrogens is 2. The predicted octanol–water partition coefficient (Wildman–Crippen LogP) is 3.53. The lowest BCUT2D eigenvalue weighted by atomic mass is 9.83. The maximum Gasteiger partial charge on any atom is 0.323 e. The van der Waals surface area contributed by atoms with Gasteiger partial charge in [0.05, 0.1) is 22.7 Å². The number of piperidine rings is 1. The van der Waals surface area contributed by atoms with Crippen LogP contribution in [0.1, 0.15) is 41.5 Å². The largest absolute Gasteiger partial charge is 0.482 e. The minimum atomic E-state index is -0.262.